The highest BCUT2D eigenvalue weighted by Crippen LogP contribution is 2.32. The molecule has 5 nitrogen and oxygen atoms in total. The number of rotatable bonds is 3. The summed E-state index contributed by atoms with van der Waals surface area (Å²) in [6, 6.07) is 3.74. The van der Waals surface area contributed by atoms with Crippen LogP contribution in [0.15, 0.2) is 18.2 Å². The number of amides is 2. The number of ether oxygens (including phenoxy) is 1. The molecule has 7 heteroatoms. The number of urea groups is 1. The first-order valence-corrected chi connectivity index (χ1v) is 9.19. The van der Waals surface area contributed by atoms with E-state index in [1.807, 2.05) is 20.8 Å². The Kier molecular flexibility index (Phi) is 5.22. The van der Waals surface area contributed by atoms with Gasteiger partial charge in [-0.2, -0.15) is 0 Å². The maximum atomic E-state index is 13.6. The molecule has 134 valence electrons. The van der Waals surface area contributed by atoms with Gasteiger partial charge >= 0.3 is 6.03 Å². The van der Waals surface area contributed by atoms with Gasteiger partial charge in [0.05, 0.1) is 29.4 Å². The molecule has 1 aliphatic rings. The molecule has 0 radical (unpaired) electrons. The highest BCUT2D eigenvalue weighted by atomic mass is 32.1. The van der Waals surface area contributed by atoms with Gasteiger partial charge in [-0.1, -0.05) is 0 Å². The quantitative estimate of drug-likeness (QED) is 0.860. The number of aryl methyl sites for hydroxylation is 2. The average molecular weight is 363 g/mol. The monoisotopic (exact) mass is 363 g/mol. The Morgan fingerprint density at radius 1 is 1.44 bits per heavy atom. The van der Waals surface area contributed by atoms with Gasteiger partial charge < -0.3 is 15.4 Å². The van der Waals surface area contributed by atoms with E-state index in [-0.39, 0.29) is 23.9 Å². The van der Waals surface area contributed by atoms with E-state index in [2.05, 4.69) is 15.6 Å². The van der Waals surface area contributed by atoms with Gasteiger partial charge in [-0.25, -0.2) is 14.2 Å². The molecule has 1 aliphatic heterocycles. The molecule has 0 unspecified atom stereocenters. The van der Waals surface area contributed by atoms with Gasteiger partial charge in [0.2, 0.25) is 0 Å². The van der Waals surface area contributed by atoms with E-state index in [0.29, 0.717) is 24.3 Å². The van der Waals surface area contributed by atoms with E-state index in [9.17, 15) is 9.18 Å². The average Bonchev–Trinajstić information content (AvgIpc) is 2.77. The van der Waals surface area contributed by atoms with Crippen molar-refractivity contribution in [1.29, 1.82) is 0 Å². The number of nitrogens with zero attached hydrogens (tertiary/aromatic N) is 1. The van der Waals surface area contributed by atoms with Gasteiger partial charge in [-0.05, 0) is 51.8 Å². The maximum Gasteiger partial charge on any atom is 0.315 e. The number of carbonyl (C=O) groups is 1. The molecule has 1 aromatic carbocycles. The van der Waals surface area contributed by atoms with Crippen molar-refractivity contribution in [3.8, 4) is 5.75 Å². The third-order valence-electron chi connectivity index (χ3n) is 4.23. The smallest absolute Gasteiger partial charge is 0.315 e. The summed E-state index contributed by atoms with van der Waals surface area (Å²) in [5.41, 5.74) is 1.62. The molecule has 0 saturated heterocycles. The summed E-state index contributed by atoms with van der Waals surface area (Å²) in [4.78, 5) is 17.9. The molecule has 0 fully saturated rings. The van der Waals surface area contributed by atoms with Crippen molar-refractivity contribution in [3.05, 3.63) is 45.2 Å². The Hall–Kier alpha value is -2.15. The Morgan fingerprint density at radius 3 is 2.96 bits per heavy atom. The molecule has 25 heavy (non-hydrogen) atoms. The summed E-state index contributed by atoms with van der Waals surface area (Å²) in [6.45, 7) is 6.39. The van der Waals surface area contributed by atoms with Gasteiger partial charge in [0.1, 0.15) is 11.6 Å². The van der Waals surface area contributed by atoms with Crippen molar-refractivity contribution in [1.82, 2.24) is 15.6 Å². The maximum absolute atomic E-state index is 13.6. The standard InChI is InChI=1S/C18H22FN3O2S/c1-10-17(25-12(3)20-10)11(2)21-18(23)22-15-5-4-8-24-16-7-6-13(19)9-14(15)16/h6-7,9,11,15H,4-5,8H2,1-3H3,(H2,21,22,23)/t11-,15+/m0/s1. The van der Waals surface area contributed by atoms with Crippen LogP contribution in [0.1, 0.15) is 53.0 Å². The van der Waals surface area contributed by atoms with Crippen LogP contribution in [0.5, 0.6) is 5.75 Å². The number of fused-ring (bicyclic) bond motifs is 1. The molecule has 0 spiro atoms. The summed E-state index contributed by atoms with van der Waals surface area (Å²) in [5, 5.41) is 6.88. The predicted octanol–water partition coefficient (Wildman–Crippen LogP) is 4.17. The van der Waals surface area contributed by atoms with Gasteiger partial charge in [-0.3, -0.25) is 0 Å². The summed E-state index contributed by atoms with van der Waals surface area (Å²) >= 11 is 1.58. The largest absolute Gasteiger partial charge is 0.493 e. The number of nitrogens with one attached hydrogen (secondary N) is 2. The van der Waals surface area contributed by atoms with E-state index < -0.39 is 0 Å². The Bertz CT molecular complexity index is 778. The van der Waals surface area contributed by atoms with Crippen LogP contribution in [0.25, 0.3) is 0 Å². The van der Waals surface area contributed by atoms with E-state index in [1.165, 1.54) is 12.1 Å². The molecule has 2 heterocycles. The first-order valence-electron chi connectivity index (χ1n) is 8.37. The van der Waals surface area contributed by atoms with Crippen LogP contribution < -0.4 is 15.4 Å². The first kappa shape index (κ1) is 17.7. The number of aromatic nitrogens is 1. The predicted molar refractivity (Wildman–Crippen MR) is 95.5 cm³/mol. The van der Waals surface area contributed by atoms with Crippen LogP contribution >= 0.6 is 11.3 Å². The second-order valence-corrected chi connectivity index (χ2v) is 7.48. The zero-order valence-corrected chi connectivity index (χ0v) is 15.4. The lowest BCUT2D eigenvalue weighted by Crippen LogP contribution is -2.39. The third kappa shape index (κ3) is 4.10. The summed E-state index contributed by atoms with van der Waals surface area (Å²) in [6.07, 6.45) is 1.50. The van der Waals surface area contributed by atoms with Gasteiger partial charge in [0.15, 0.2) is 0 Å². The topological polar surface area (TPSA) is 63.2 Å². The normalized spacial score (nSPS) is 17.8. The van der Waals surface area contributed by atoms with E-state index in [0.717, 1.165) is 22.0 Å². The molecule has 2 aromatic rings. The minimum absolute atomic E-state index is 0.139. The minimum Gasteiger partial charge on any atom is -0.493 e. The van der Waals surface area contributed by atoms with Crippen LogP contribution in [0.3, 0.4) is 0 Å². The molecular formula is C18H22FN3O2S. The number of hydrogen-bond donors (Lipinski definition) is 2. The van der Waals surface area contributed by atoms with E-state index in [1.54, 1.807) is 17.4 Å². The summed E-state index contributed by atoms with van der Waals surface area (Å²) in [5.74, 6) is 0.298. The van der Waals surface area contributed by atoms with Crippen LogP contribution in [-0.2, 0) is 0 Å². The lowest BCUT2D eigenvalue weighted by atomic mass is 10.0. The highest BCUT2D eigenvalue weighted by molar-refractivity contribution is 7.11. The zero-order chi connectivity index (χ0) is 18.0. The highest BCUT2D eigenvalue weighted by Gasteiger charge is 2.23. The number of hydrogen-bond acceptors (Lipinski definition) is 4. The van der Waals surface area contributed by atoms with Gasteiger partial charge in [0, 0.05) is 10.4 Å². The first-order chi connectivity index (χ1) is 11.9. The summed E-state index contributed by atoms with van der Waals surface area (Å²) in [7, 11) is 0. The van der Waals surface area contributed by atoms with E-state index in [4.69, 9.17) is 4.74 Å². The molecule has 1 aromatic heterocycles. The third-order valence-corrected chi connectivity index (χ3v) is 5.48. The fraction of sp³-hybridized carbons (Fsp3) is 0.444. The number of carbonyl (C=O) groups excluding carboxylic acids is 1. The molecule has 0 aliphatic carbocycles. The number of thiazole rings is 1. The zero-order valence-electron chi connectivity index (χ0n) is 14.6. The van der Waals surface area contributed by atoms with Crippen LogP contribution in [-0.4, -0.2) is 17.6 Å². The summed E-state index contributed by atoms with van der Waals surface area (Å²) < 4.78 is 19.3. The fourth-order valence-corrected chi connectivity index (χ4v) is 4.04. The number of halogens is 1. The van der Waals surface area contributed by atoms with Crippen molar-refractivity contribution in [3.63, 3.8) is 0 Å². The van der Waals surface area contributed by atoms with Gasteiger partial charge in [0.25, 0.3) is 0 Å². The minimum atomic E-state index is -0.333. The van der Waals surface area contributed by atoms with Crippen molar-refractivity contribution in [2.24, 2.45) is 0 Å². The van der Waals surface area contributed by atoms with Crippen molar-refractivity contribution >= 4 is 17.4 Å². The van der Waals surface area contributed by atoms with Crippen LogP contribution in [0, 0.1) is 19.7 Å². The number of benzene rings is 1. The molecular weight excluding hydrogens is 341 g/mol. The Morgan fingerprint density at radius 2 is 2.24 bits per heavy atom. The van der Waals surface area contributed by atoms with Crippen LogP contribution in [0.2, 0.25) is 0 Å². The molecule has 2 amide bonds. The molecule has 0 saturated carbocycles. The van der Waals surface area contributed by atoms with E-state index >= 15 is 0 Å². The van der Waals surface area contributed by atoms with Gasteiger partial charge in [-0.15, -0.1) is 11.3 Å². The second kappa shape index (κ2) is 7.39. The van der Waals surface area contributed by atoms with Crippen LogP contribution in [0.4, 0.5) is 9.18 Å². The van der Waals surface area contributed by atoms with Crippen molar-refractivity contribution in [2.75, 3.05) is 6.61 Å². The molecule has 2 N–H and O–H groups in total. The Balaban J connectivity index is 1.70. The second-order valence-electron chi connectivity index (χ2n) is 6.25. The lowest BCUT2D eigenvalue weighted by Gasteiger charge is -2.21. The lowest BCUT2D eigenvalue weighted by molar-refractivity contribution is 0.233. The Labute approximate surface area is 150 Å². The molecule has 2 atom stereocenters. The van der Waals surface area contributed by atoms with Crippen molar-refractivity contribution < 1.29 is 13.9 Å². The SMILES string of the molecule is Cc1nc(C)c([C@H](C)NC(=O)N[C@@H]2CCCOc3ccc(F)cc32)s1. The molecule has 0 bridgehead atoms. The molecule has 3 rings (SSSR count). The van der Waals surface area contributed by atoms with Crippen molar-refractivity contribution in [2.45, 2.75) is 45.7 Å². The fourth-order valence-electron chi connectivity index (χ4n) is 3.11.